The van der Waals surface area contributed by atoms with Crippen molar-refractivity contribution in [3.63, 3.8) is 0 Å². The molecule has 1 aromatic rings. The van der Waals surface area contributed by atoms with Crippen molar-refractivity contribution in [3.8, 4) is 0 Å². The molecule has 0 aliphatic carbocycles. The van der Waals surface area contributed by atoms with Crippen LogP contribution < -0.4 is 0 Å². The fraction of sp³-hybridized carbons (Fsp3) is 0.500. The summed E-state index contributed by atoms with van der Waals surface area (Å²) in [4.78, 5) is 0. The van der Waals surface area contributed by atoms with Crippen LogP contribution in [-0.2, 0) is 11.2 Å². The molecular weight excluding hydrogens is 160 g/mol. The van der Waals surface area contributed by atoms with Crippen LogP contribution in [0.4, 0.5) is 0 Å². The molecule has 0 saturated carbocycles. The van der Waals surface area contributed by atoms with Crippen molar-refractivity contribution in [3.05, 3.63) is 35.4 Å². The van der Waals surface area contributed by atoms with Crippen LogP contribution in [0, 0.1) is 6.92 Å². The Hall–Kier alpha value is -0.820. The summed E-state index contributed by atoms with van der Waals surface area (Å²) in [7, 11) is 0. The standard InChI is InChI=1S/C12H16O/c1-10-4-3-5-11(8-10)6-7-12(2)9-13-12/h3-5,8H,6-7,9H2,1-2H3. The van der Waals surface area contributed by atoms with Gasteiger partial charge in [0.2, 0.25) is 0 Å². The first-order valence-electron chi connectivity index (χ1n) is 4.87. The first kappa shape index (κ1) is 8.76. The molecule has 1 unspecified atom stereocenters. The smallest absolute Gasteiger partial charge is 0.0891 e. The van der Waals surface area contributed by atoms with Gasteiger partial charge in [-0.1, -0.05) is 29.8 Å². The van der Waals surface area contributed by atoms with Crippen molar-refractivity contribution in [1.82, 2.24) is 0 Å². The molecule has 1 atom stereocenters. The Kier molecular flexibility index (Phi) is 2.12. The van der Waals surface area contributed by atoms with Gasteiger partial charge in [-0.15, -0.1) is 0 Å². The van der Waals surface area contributed by atoms with Gasteiger partial charge in [-0.2, -0.15) is 0 Å². The van der Waals surface area contributed by atoms with Crippen LogP contribution in [0.15, 0.2) is 24.3 Å². The summed E-state index contributed by atoms with van der Waals surface area (Å²) in [6.07, 6.45) is 2.29. The molecule has 1 saturated heterocycles. The molecule has 0 N–H and O–H groups in total. The predicted octanol–water partition coefficient (Wildman–Crippen LogP) is 2.72. The maximum absolute atomic E-state index is 5.35. The van der Waals surface area contributed by atoms with Gasteiger partial charge < -0.3 is 4.74 Å². The molecule has 70 valence electrons. The summed E-state index contributed by atoms with van der Waals surface area (Å²) < 4.78 is 5.35. The van der Waals surface area contributed by atoms with Crippen LogP contribution >= 0.6 is 0 Å². The summed E-state index contributed by atoms with van der Waals surface area (Å²) >= 11 is 0. The average Bonchev–Trinajstić information content (AvgIpc) is 2.82. The molecule has 1 fully saturated rings. The molecule has 0 aromatic heterocycles. The number of ether oxygens (including phenoxy) is 1. The Morgan fingerprint density at radius 2 is 2.23 bits per heavy atom. The Morgan fingerprint density at radius 1 is 1.46 bits per heavy atom. The Labute approximate surface area is 79.7 Å². The van der Waals surface area contributed by atoms with E-state index in [1.54, 1.807) is 0 Å². The Morgan fingerprint density at radius 3 is 2.85 bits per heavy atom. The van der Waals surface area contributed by atoms with Gasteiger partial charge in [-0.3, -0.25) is 0 Å². The highest BCUT2D eigenvalue weighted by Gasteiger charge is 2.38. The van der Waals surface area contributed by atoms with Crippen molar-refractivity contribution in [2.24, 2.45) is 0 Å². The molecule has 1 aliphatic rings. The lowest BCUT2D eigenvalue weighted by Crippen LogP contribution is -2.05. The van der Waals surface area contributed by atoms with Gasteiger partial charge in [0.15, 0.2) is 0 Å². The van der Waals surface area contributed by atoms with E-state index >= 15 is 0 Å². The lowest BCUT2D eigenvalue weighted by Gasteiger charge is -2.05. The van der Waals surface area contributed by atoms with Crippen LogP contribution in [-0.4, -0.2) is 12.2 Å². The van der Waals surface area contributed by atoms with Crippen LogP contribution in [0.2, 0.25) is 0 Å². The second-order valence-corrected chi connectivity index (χ2v) is 4.23. The lowest BCUT2D eigenvalue weighted by atomic mass is 10.0. The lowest BCUT2D eigenvalue weighted by molar-refractivity contribution is 0.309. The SMILES string of the molecule is Cc1cccc(CCC2(C)CO2)c1. The van der Waals surface area contributed by atoms with Gasteiger partial charge in [-0.25, -0.2) is 0 Å². The third-order valence-corrected chi connectivity index (χ3v) is 2.66. The van der Waals surface area contributed by atoms with Crippen LogP contribution in [0.25, 0.3) is 0 Å². The van der Waals surface area contributed by atoms with Crippen LogP contribution in [0.3, 0.4) is 0 Å². The van der Waals surface area contributed by atoms with Crippen molar-refractivity contribution in [2.75, 3.05) is 6.61 Å². The van der Waals surface area contributed by atoms with E-state index in [0.717, 1.165) is 19.4 Å². The molecule has 2 rings (SSSR count). The topological polar surface area (TPSA) is 12.5 Å². The molecule has 13 heavy (non-hydrogen) atoms. The largest absolute Gasteiger partial charge is 0.370 e. The zero-order valence-electron chi connectivity index (χ0n) is 8.34. The van der Waals surface area contributed by atoms with Crippen LogP contribution in [0.5, 0.6) is 0 Å². The Bertz CT molecular complexity index is 300. The number of aryl methyl sites for hydroxylation is 2. The van der Waals surface area contributed by atoms with E-state index in [9.17, 15) is 0 Å². The van der Waals surface area contributed by atoms with E-state index in [1.807, 2.05) is 0 Å². The van der Waals surface area contributed by atoms with Gasteiger partial charge in [0.25, 0.3) is 0 Å². The number of hydrogen-bond donors (Lipinski definition) is 0. The van der Waals surface area contributed by atoms with Gasteiger partial charge >= 0.3 is 0 Å². The zero-order valence-corrected chi connectivity index (χ0v) is 8.34. The second kappa shape index (κ2) is 3.15. The monoisotopic (exact) mass is 176 g/mol. The third kappa shape index (κ3) is 2.31. The first-order valence-corrected chi connectivity index (χ1v) is 4.87. The molecule has 1 heterocycles. The normalized spacial score (nSPS) is 26.0. The second-order valence-electron chi connectivity index (χ2n) is 4.23. The van der Waals surface area contributed by atoms with Crippen molar-refractivity contribution in [2.45, 2.75) is 32.3 Å². The van der Waals surface area contributed by atoms with Gasteiger partial charge in [-0.05, 0) is 32.3 Å². The van der Waals surface area contributed by atoms with E-state index in [0.29, 0.717) is 0 Å². The minimum Gasteiger partial charge on any atom is -0.370 e. The van der Waals surface area contributed by atoms with Gasteiger partial charge in [0.05, 0.1) is 12.2 Å². The fourth-order valence-corrected chi connectivity index (χ4v) is 1.54. The van der Waals surface area contributed by atoms with E-state index in [-0.39, 0.29) is 5.60 Å². The summed E-state index contributed by atoms with van der Waals surface area (Å²) in [5.41, 5.74) is 2.97. The molecule has 1 heteroatoms. The minimum absolute atomic E-state index is 0.198. The van der Waals surface area contributed by atoms with Gasteiger partial charge in [0, 0.05) is 0 Å². The highest BCUT2D eigenvalue weighted by Crippen LogP contribution is 2.31. The highest BCUT2D eigenvalue weighted by molar-refractivity contribution is 5.22. The highest BCUT2D eigenvalue weighted by atomic mass is 16.6. The number of benzene rings is 1. The van der Waals surface area contributed by atoms with Gasteiger partial charge in [0.1, 0.15) is 0 Å². The Balaban J connectivity index is 1.94. The molecular formula is C12H16O. The summed E-state index contributed by atoms with van der Waals surface area (Å²) in [5.74, 6) is 0. The molecule has 0 amide bonds. The third-order valence-electron chi connectivity index (χ3n) is 2.66. The van der Waals surface area contributed by atoms with Crippen LogP contribution in [0.1, 0.15) is 24.5 Å². The number of rotatable bonds is 3. The van der Waals surface area contributed by atoms with Crippen molar-refractivity contribution >= 4 is 0 Å². The molecule has 0 radical (unpaired) electrons. The van der Waals surface area contributed by atoms with Crippen molar-refractivity contribution < 1.29 is 4.74 Å². The number of hydrogen-bond acceptors (Lipinski definition) is 1. The quantitative estimate of drug-likeness (QED) is 0.645. The maximum atomic E-state index is 5.35. The minimum atomic E-state index is 0.198. The zero-order chi connectivity index (χ0) is 9.31. The molecule has 1 nitrogen and oxygen atoms in total. The fourth-order valence-electron chi connectivity index (χ4n) is 1.54. The summed E-state index contributed by atoms with van der Waals surface area (Å²) in [5, 5.41) is 0. The van der Waals surface area contributed by atoms with E-state index in [2.05, 4.69) is 38.1 Å². The average molecular weight is 176 g/mol. The van der Waals surface area contributed by atoms with E-state index in [4.69, 9.17) is 4.74 Å². The summed E-state index contributed by atoms with van der Waals surface area (Å²) in [6, 6.07) is 8.71. The molecule has 0 bridgehead atoms. The summed E-state index contributed by atoms with van der Waals surface area (Å²) in [6.45, 7) is 5.26. The van der Waals surface area contributed by atoms with E-state index in [1.165, 1.54) is 11.1 Å². The predicted molar refractivity (Wildman–Crippen MR) is 53.9 cm³/mol. The molecule has 1 aliphatic heterocycles. The molecule has 1 aromatic carbocycles. The molecule has 0 spiro atoms. The number of epoxide rings is 1. The maximum Gasteiger partial charge on any atom is 0.0891 e. The first-order chi connectivity index (χ1) is 6.18. The van der Waals surface area contributed by atoms with E-state index < -0.39 is 0 Å². The van der Waals surface area contributed by atoms with Crippen molar-refractivity contribution in [1.29, 1.82) is 0 Å².